The normalized spacial score (nSPS) is 12.0. The molecule has 2 rings (SSSR count). The van der Waals surface area contributed by atoms with Crippen molar-refractivity contribution in [2.45, 2.75) is 20.0 Å². The summed E-state index contributed by atoms with van der Waals surface area (Å²) >= 11 is 5.82. The average molecular weight is 306 g/mol. The smallest absolute Gasteiger partial charge is 0.122 e. The van der Waals surface area contributed by atoms with E-state index in [1.807, 2.05) is 50.2 Å². The number of aryl methyl sites for hydroxylation is 2. The lowest BCUT2D eigenvalue weighted by atomic mass is 10.1. The van der Waals surface area contributed by atoms with Gasteiger partial charge in [0, 0.05) is 17.3 Å². The Hall–Kier alpha value is -1.71. The molecule has 0 aliphatic carbocycles. The molecule has 2 aromatic rings. The summed E-state index contributed by atoms with van der Waals surface area (Å²) in [6.45, 7) is 4.72. The number of aliphatic hydroxyl groups is 1. The van der Waals surface area contributed by atoms with Gasteiger partial charge in [-0.1, -0.05) is 29.3 Å². The Labute approximate surface area is 130 Å². The van der Waals surface area contributed by atoms with Crippen molar-refractivity contribution in [1.29, 1.82) is 0 Å². The summed E-state index contributed by atoms with van der Waals surface area (Å²) in [5.41, 5.74) is 3.20. The van der Waals surface area contributed by atoms with Crippen molar-refractivity contribution in [2.24, 2.45) is 0 Å². The van der Waals surface area contributed by atoms with Crippen molar-refractivity contribution in [3.63, 3.8) is 0 Å². The number of hydrogen-bond donors (Lipinski definition) is 2. The van der Waals surface area contributed by atoms with Crippen molar-refractivity contribution in [2.75, 3.05) is 18.5 Å². The highest BCUT2D eigenvalue weighted by atomic mass is 35.5. The lowest BCUT2D eigenvalue weighted by molar-refractivity contribution is 0.117. The van der Waals surface area contributed by atoms with Crippen LogP contribution in [0.15, 0.2) is 42.5 Å². The fourth-order valence-corrected chi connectivity index (χ4v) is 2.14. The fraction of sp³-hybridized carbons (Fsp3) is 0.294. The molecule has 0 spiro atoms. The quantitative estimate of drug-likeness (QED) is 0.853. The first kappa shape index (κ1) is 15.7. The van der Waals surface area contributed by atoms with Crippen LogP contribution < -0.4 is 10.1 Å². The van der Waals surface area contributed by atoms with Crippen LogP contribution in [0.25, 0.3) is 0 Å². The topological polar surface area (TPSA) is 41.5 Å². The molecule has 0 saturated heterocycles. The summed E-state index contributed by atoms with van der Waals surface area (Å²) in [5, 5.41) is 13.8. The Morgan fingerprint density at radius 1 is 1.14 bits per heavy atom. The molecule has 0 aliphatic heterocycles. The van der Waals surface area contributed by atoms with E-state index in [9.17, 15) is 5.11 Å². The summed E-state index contributed by atoms with van der Waals surface area (Å²) in [4.78, 5) is 0. The zero-order valence-corrected chi connectivity index (χ0v) is 13.0. The van der Waals surface area contributed by atoms with Crippen LogP contribution in [-0.2, 0) is 0 Å². The summed E-state index contributed by atoms with van der Waals surface area (Å²) in [7, 11) is 0. The molecule has 112 valence electrons. The molecule has 0 amide bonds. The Kier molecular flexibility index (Phi) is 5.48. The molecule has 0 aliphatic rings. The van der Waals surface area contributed by atoms with E-state index < -0.39 is 6.10 Å². The Bertz CT molecular complexity index is 584. The fourth-order valence-electron chi connectivity index (χ4n) is 2.01. The van der Waals surface area contributed by atoms with Crippen molar-refractivity contribution < 1.29 is 9.84 Å². The van der Waals surface area contributed by atoms with Gasteiger partial charge in [0.2, 0.25) is 0 Å². The maximum absolute atomic E-state index is 9.96. The molecule has 1 unspecified atom stereocenters. The number of ether oxygens (including phenoxy) is 1. The molecule has 0 saturated carbocycles. The minimum Gasteiger partial charge on any atom is -0.491 e. The SMILES string of the molecule is Cc1ccc(OCC(O)CNc2ccc(Cl)cc2)c(C)c1. The van der Waals surface area contributed by atoms with Crippen LogP contribution in [-0.4, -0.2) is 24.4 Å². The molecule has 4 heteroatoms. The van der Waals surface area contributed by atoms with E-state index in [1.165, 1.54) is 5.56 Å². The third kappa shape index (κ3) is 4.96. The van der Waals surface area contributed by atoms with Gasteiger partial charge in [0.15, 0.2) is 0 Å². The number of benzene rings is 2. The Morgan fingerprint density at radius 2 is 1.86 bits per heavy atom. The average Bonchev–Trinajstić information content (AvgIpc) is 2.46. The van der Waals surface area contributed by atoms with Gasteiger partial charge in [0.25, 0.3) is 0 Å². The maximum atomic E-state index is 9.96. The van der Waals surface area contributed by atoms with Crippen molar-refractivity contribution in [1.82, 2.24) is 0 Å². The van der Waals surface area contributed by atoms with Crippen LogP contribution >= 0.6 is 11.6 Å². The molecule has 2 N–H and O–H groups in total. The van der Waals surface area contributed by atoms with Gasteiger partial charge in [-0.3, -0.25) is 0 Å². The number of anilines is 1. The summed E-state index contributed by atoms with van der Waals surface area (Å²) in [6.07, 6.45) is -0.582. The third-order valence-electron chi connectivity index (χ3n) is 3.15. The number of halogens is 1. The van der Waals surface area contributed by atoms with E-state index in [2.05, 4.69) is 11.4 Å². The van der Waals surface area contributed by atoms with E-state index in [0.717, 1.165) is 17.0 Å². The number of nitrogens with one attached hydrogen (secondary N) is 1. The predicted molar refractivity (Wildman–Crippen MR) is 87.4 cm³/mol. The zero-order chi connectivity index (χ0) is 15.2. The summed E-state index contributed by atoms with van der Waals surface area (Å²) in [5.74, 6) is 0.811. The second kappa shape index (κ2) is 7.34. The van der Waals surface area contributed by atoms with Gasteiger partial charge in [-0.2, -0.15) is 0 Å². The number of rotatable bonds is 6. The van der Waals surface area contributed by atoms with Gasteiger partial charge in [-0.05, 0) is 49.7 Å². The van der Waals surface area contributed by atoms with Crippen molar-refractivity contribution in [3.8, 4) is 5.75 Å². The molecule has 0 fully saturated rings. The maximum Gasteiger partial charge on any atom is 0.122 e. The second-order valence-corrected chi connectivity index (χ2v) is 5.56. The number of aliphatic hydroxyl groups excluding tert-OH is 1. The van der Waals surface area contributed by atoms with E-state index in [0.29, 0.717) is 11.6 Å². The first-order valence-corrected chi connectivity index (χ1v) is 7.30. The molecular weight excluding hydrogens is 286 g/mol. The standard InChI is InChI=1S/C17H20ClNO2/c1-12-3-8-17(13(2)9-12)21-11-16(20)10-19-15-6-4-14(18)5-7-15/h3-9,16,19-20H,10-11H2,1-2H3. The zero-order valence-electron chi connectivity index (χ0n) is 12.3. The molecule has 2 aromatic carbocycles. The van der Waals surface area contributed by atoms with E-state index in [4.69, 9.17) is 16.3 Å². The molecule has 0 heterocycles. The van der Waals surface area contributed by atoms with Crippen molar-refractivity contribution >= 4 is 17.3 Å². The summed E-state index contributed by atoms with van der Waals surface area (Å²) in [6, 6.07) is 13.4. The minimum absolute atomic E-state index is 0.254. The highest BCUT2D eigenvalue weighted by molar-refractivity contribution is 6.30. The van der Waals surface area contributed by atoms with Gasteiger partial charge in [0.1, 0.15) is 18.5 Å². The van der Waals surface area contributed by atoms with Gasteiger partial charge >= 0.3 is 0 Å². The second-order valence-electron chi connectivity index (χ2n) is 5.12. The van der Waals surface area contributed by atoms with Gasteiger partial charge in [0.05, 0.1) is 0 Å². The molecule has 0 aromatic heterocycles. The van der Waals surface area contributed by atoms with E-state index >= 15 is 0 Å². The van der Waals surface area contributed by atoms with Crippen LogP contribution in [0.5, 0.6) is 5.75 Å². The van der Waals surface area contributed by atoms with Crippen LogP contribution in [0.2, 0.25) is 5.02 Å². The highest BCUT2D eigenvalue weighted by Crippen LogP contribution is 2.19. The van der Waals surface area contributed by atoms with Crippen LogP contribution in [0.4, 0.5) is 5.69 Å². The Balaban J connectivity index is 1.79. The first-order valence-electron chi connectivity index (χ1n) is 6.92. The first-order chi connectivity index (χ1) is 10.0. The number of hydrogen-bond acceptors (Lipinski definition) is 3. The van der Waals surface area contributed by atoms with Crippen LogP contribution in [0, 0.1) is 13.8 Å². The molecule has 0 radical (unpaired) electrons. The van der Waals surface area contributed by atoms with Gasteiger partial charge < -0.3 is 15.2 Å². The lowest BCUT2D eigenvalue weighted by Gasteiger charge is -2.15. The largest absolute Gasteiger partial charge is 0.491 e. The van der Waals surface area contributed by atoms with E-state index in [1.54, 1.807) is 0 Å². The minimum atomic E-state index is -0.582. The van der Waals surface area contributed by atoms with E-state index in [-0.39, 0.29) is 6.61 Å². The molecule has 0 bridgehead atoms. The molecule has 1 atom stereocenters. The van der Waals surface area contributed by atoms with Crippen molar-refractivity contribution in [3.05, 3.63) is 58.6 Å². The summed E-state index contributed by atoms with van der Waals surface area (Å²) < 4.78 is 5.65. The van der Waals surface area contributed by atoms with Gasteiger partial charge in [-0.15, -0.1) is 0 Å². The van der Waals surface area contributed by atoms with Crippen LogP contribution in [0.1, 0.15) is 11.1 Å². The monoisotopic (exact) mass is 305 g/mol. The molecule has 3 nitrogen and oxygen atoms in total. The predicted octanol–water partition coefficient (Wildman–Crippen LogP) is 3.81. The molecule has 21 heavy (non-hydrogen) atoms. The third-order valence-corrected chi connectivity index (χ3v) is 3.40. The Morgan fingerprint density at radius 3 is 2.52 bits per heavy atom. The lowest BCUT2D eigenvalue weighted by Crippen LogP contribution is -2.26. The van der Waals surface area contributed by atoms with Crippen LogP contribution in [0.3, 0.4) is 0 Å². The highest BCUT2D eigenvalue weighted by Gasteiger charge is 2.07. The van der Waals surface area contributed by atoms with Gasteiger partial charge in [-0.25, -0.2) is 0 Å². The molecular formula is C17H20ClNO2.